The molecule has 0 saturated carbocycles. The van der Waals surface area contributed by atoms with Crippen LogP contribution in [0.2, 0.25) is 0 Å². The Morgan fingerprint density at radius 3 is 2.42 bits per heavy atom. The Labute approximate surface area is 123 Å². The first-order chi connectivity index (χ1) is 9.17. The lowest BCUT2D eigenvalue weighted by atomic mass is 10.0. The highest BCUT2D eigenvalue weighted by Crippen LogP contribution is 2.19. The van der Waals surface area contributed by atoms with Gasteiger partial charge in [-0.25, -0.2) is 0 Å². The number of hydrogen-bond donors (Lipinski definition) is 1. The molecule has 0 saturated heterocycles. The van der Waals surface area contributed by atoms with E-state index in [-0.39, 0.29) is 0 Å². The van der Waals surface area contributed by atoms with Crippen LogP contribution in [-0.4, -0.2) is 44.1 Å². The van der Waals surface area contributed by atoms with Crippen LogP contribution in [0.1, 0.15) is 30.5 Å². The summed E-state index contributed by atoms with van der Waals surface area (Å²) < 4.78 is 0. The maximum atomic E-state index is 3.42. The molecule has 1 atom stereocenters. The van der Waals surface area contributed by atoms with Crippen LogP contribution in [0.5, 0.6) is 0 Å². The van der Waals surface area contributed by atoms with Crippen molar-refractivity contribution in [3.8, 4) is 0 Å². The smallest absolute Gasteiger partial charge is 0.0409 e. The summed E-state index contributed by atoms with van der Waals surface area (Å²) in [6.45, 7) is 3.38. The van der Waals surface area contributed by atoms with Crippen molar-refractivity contribution in [1.29, 1.82) is 0 Å². The Hall–Kier alpha value is -0.510. The molecule has 0 aromatic heterocycles. The van der Waals surface area contributed by atoms with Gasteiger partial charge in [-0.2, -0.15) is 11.8 Å². The molecule has 0 radical (unpaired) electrons. The number of nitrogens with one attached hydrogen (secondary N) is 1. The quantitative estimate of drug-likeness (QED) is 0.699. The molecule has 1 aromatic rings. The summed E-state index contributed by atoms with van der Waals surface area (Å²) in [7, 11) is 6.31. The van der Waals surface area contributed by atoms with Crippen molar-refractivity contribution in [2.75, 3.05) is 39.2 Å². The Morgan fingerprint density at radius 2 is 1.89 bits per heavy atom. The molecule has 1 unspecified atom stereocenters. The second kappa shape index (κ2) is 9.40. The normalized spacial score (nSPS) is 12.9. The highest BCUT2D eigenvalue weighted by molar-refractivity contribution is 7.99. The van der Waals surface area contributed by atoms with Gasteiger partial charge in [0.15, 0.2) is 0 Å². The molecule has 0 aliphatic carbocycles. The van der Waals surface area contributed by atoms with Gasteiger partial charge in [-0.1, -0.05) is 37.6 Å². The summed E-state index contributed by atoms with van der Waals surface area (Å²) in [5, 5.41) is 3.42. The Balaban J connectivity index is 2.45. The van der Waals surface area contributed by atoms with E-state index in [1.54, 1.807) is 0 Å². The first-order valence-electron chi connectivity index (χ1n) is 7.16. The minimum atomic E-state index is 0.461. The van der Waals surface area contributed by atoms with Crippen molar-refractivity contribution >= 4 is 11.8 Å². The molecule has 2 nitrogen and oxygen atoms in total. The molecular weight excluding hydrogens is 252 g/mol. The van der Waals surface area contributed by atoms with Crippen molar-refractivity contribution in [2.45, 2.75) is 25.8 Å². The molecule has 0 heterocycles. The Morgan fingerprint density at radius 1 is 1.21 bits per heavy atom. The number of benzene rings is 1. The van der Waals surface area contributed by atoms with E-state index in [9.17, 15) is 0 Å². The molecular formula is C16H28N2S. The van der Waals surface area contributed by atoms with Crippen molar-refractivity contribution < 1.29 is 0 Å². The fourth-order valence-corrected chi connectivity index (χ4v) is 3.26. The molecule has 3 heteroatoms. The second-order valence-electron chi connectivity index (χ2n) is 5.21. The van der Waals surface area contributed by atoms with E-state index in [1.165, 1.54) is 29.7 Å². The number of nitrogens with zero attached hydrogens (tertiary/aromatic N) is 1. The van der Waals surface area contributed by atoms with Crippen LogP contribution in [-0.2, 0) is 6.42 Å². The van der Waals surface area contributed by atoms with Crippen LogP contribution in [0.25, 0.3) is 0 Å². The zero-order valence-corrected chi connectivity index (χ0v) is 13.6. The average molecular weight is 280 g/mol. The first kappa shape index (κ1) is 16.5. The van der Waals surface area contributed by atoms with Crippen LogP contribution in [0.15, 0.2) is 24.3 Å². The molecule has 0 amide bonds. The lowest BCUT2D eigenvalue weighted by molar-refractivity contribution is 0.437. The predicted octanol–water partition coefficient (Wildman–Crippen LogP) is 3.19. The van der Waals surface area contributed by atoms with Crippen LogP contribution in [0.3, 0.4) is 0 Å². The molecule has 19 heavy (non-hydrogen) atoms. The fraction of sp³-hybridized carbons (Fsp3) is 0.625. The summed E-state index contributed by atoms with van der Waals surface area (Å²) in [6.07, 6.45) is 2.40. The summed E-state index contributed by atoms with van der Waals surface area (Å²) in [6, 6.07) is 9.56. The monoisotopic (exact) mass is 280 g/mol. The molecule has 1 rings (SSSR count). The number of thioether (sulfide) groups is 1. The van der Waals surface area contributed by atoms with Gasteiger partial charge in [-0.15, -0.1) is 0 Å². The number of aryl methyl sites for hydroxylation is 1. The molecule has 108 valence electrons. The highest BCUT2D eigenvalue weighted by Gasteiger charge is 2.09. The van der Waals surface area contributed by atoms with Gasteiger partial charge >= 0.3 is 0 Å². The fourth-order valence-electron chi connectivity index (χ4n) is 2.00. The SMILES string of the molecule is CCCc1ccc(C(CSCCN(C)C)NC)cc1. The van der Waals surface area contributed by atoms with E-state index in [0.717, 1.165) is 12.3 Å². The standard InChI is InChI=1S/C16H28N2S/c1-5-6-14-7-9-15(10-8-14)16(17-2)13-19-12-11-18(3)4/h7-10,16-17H,5-6,11-13H2,1-4H3. The number of rotatable bonds is 9. The summed E-state index contributed by atoms with van der Waals surface area (Å²) in [5.41, 5.74) is 2.85. The van der Waals surface area contributed by atoms with Crippen LogP contribution >= 0.6 is 11.8 Å². The first-order valence-corrected chi connectivity index (χ1v) is 8.31. The van der Waals surface area contributed by atoms with E-state index in [2.05, 4.69) is 62.5 Å². The maximum Gasteiger partial charge on any atom is 0.0409 e. The van der Waals surface area contributed by atoms with E-state index < -0.39 is 0 Å². The van der Waals surface area contributed by atoms with Crippen molar-refractivity contribution in [2.24, 2.45) is 0 Å². The highest BCUT2D eigenvalue weighted by atomic mass is 32.2. The van der Waals surface area contributed by atoms with Gasteiger partial charge in [0.1, 0.15) is 0 Å². The van der Waals surface area contributed by atoms with Gasteiger partial charge in [0, 0.05) is 24.1 Å². The topological polar surface area (TPSA) is 15.3 Å². The third kappa shape index (κ3) is 6.46. The molecule has 0 fully saturated rings. The van der Waals surface area contributed by atoms with Gasteiger partial charge in [0.25, 0.3) is 0 Å². The molecule has 0 aliphatic rings. The lowest BCUT2D eigenvalue weighted by Gasteiger charge is -2.17. The molecule has 1 N–H and O–H groups in total. The second-order valence-corrected chi connectivity index (χ2v) is 6.36. The van der Waals surface area contributed by atoms with Crippen molar-refractivity contribution in [1.82, 2.24) is 10.2 Å². The van der Waals surface area contributed by atoms with Gasteiger partial charge in [-0.3, -0.25) is 0 Å². The summed E-state index contributed by atoms with van der Waals surface area (Å²) in [4.78, 5) is 2.24. The molecule has 0 spiro atoms. The maximum absolute atomic E-state index is 3.42. The molecule has 0 bridgehead atoms. The molecule has 1 aromatic carbocycles. The predicted molar refractivity (Wildman–Crippen MR) is 88.1 cm³/mol. The van der Waals surface area contributed by atoms with E-state index in [0.29, 0.717) is 6.04 Å². The van der Waals surface area contributed by atoms with E-state index >= 15 is 0 Å². The average Bonchev–Trinajstić information content (AvgIpc) is 2.40. The van der Waals surface area contributed by atoms with Gasteiger partial charge in [0.05, 0.1) is 0 Å². The summed E-state index contributed by atoms with van der Waals surface area (Å²) >= 11 is 2.02. The number of hydrogen-bond acceptors (Lipinski definition) is 3. The Bertz CT molecular complexity index is 335. The third-order valence-electron chi connectivity index (χ3n) is 3.24. The molecule has 0 aliphatic heterocycles. The van der Waals surface area contributed by atoms with Crippen molar-refractivity contribution in [3.05, 3.63) is 35.4 Å². The summed E-state index contributed by atoms with van der Waals surface area (Å²) in [5.74, 6) is 2.33. The van der Waals surface area contributed by atoms with Gasteiger partial charge in [0.2, 0.25) is 0 Å². The largest absolute Gasteiger partial charge is 0.312 e. The zero-order valence-electron chi connectivity index (χ0n) is 12.8. The minimum Gasteiger partial charge on any atom is -0.312 e. The van der Waals surface area contributed by atoms with Crippen LogP contribution < -0.4 is 5.32 Å². The van der Waals surface area contributed by atoms with Crippen molar-refractivity contribution in [3.63, 3.8) is 0 Å². The minimum absolute atomic E-state index is 0.461. The lowest BCUT2D eigenvalue weighted by Crippen LogP contribution is -2.20. The van der Waals surface area contributed by atoms with Gasteiger partial charge in [-0.05, 0) is 38.7 Å². The van der Waals surface area contributed by atoms with Crippen LogP contribution in [0, 0.1) is 0 Å². The van der Waals surface area contributed by atoms with Crippen LogP contribution in [0.4, 0.5) is 0 Å². The third-order valence-corrected chi connectivity index (χ3v) is 4.28. The zero-order chi connectivity index (χ0) is 14.1. The van der Waals surface area contributed by atoms with E-state index in [4.69, 9.17) is 0 Å². The van der Waals surface area contributed by atoms with Gasteiger partial charge < -0.3 is 10.2 Å². The Kier molecular flexibility index (Phi) is 8.19. The van der Waals surface area contributed by atoms with E-state index in [1.807, 2.05) is 11.8 Å².